The predicted octanol–water partition coefficient (Wildman–Crippen LogP) is 10.9. The first kappa shape index (κ1) is 81.6. The van der Waals surface area contributed by atoms with E-state index in [1.165, 1.54) is 68.0 Å². The molecule has 0 aromatic heterocycles. The fourth-order valence-corrected chi connectivity index (χ4v) is 19.9. The highest BCUT2D eigenvalue weighted by atomic mass is 16.8. The molecule has 4 aromatic carbocycles. The van der Waals surface area contributed by atoms with Gasteiger partial charge >= 0.3 is 59.7 Å². The normalized spacial score (nSPS) is 35.9. The van der Waals surface area contributed by atoms with Gasteiger partial charge in [0.05, 0.1) is 40.4 Å². The van der Waals surface area contributed by atoms with Crippen LogP contribution in [-0.4, -0.2) is 177 Å². The van der Waals surface area contributed by atoms with Crippen LogP contribution in [0.25, 0.3) is 0 Å². The molecule has 4 saturated carbocycles. The van der Waals surface area contributed by atoms with E-state index in [0.29, 0.717) is 44.9 Å². The second kappa shape index (κ2) is 33.4. The van der Waals surface area contributed by atoms with Crippen LogP contribution in [0.4, 0.5) is 0 Å². The van der Waals surface area contributed by atoms with E-state index in [1.54, 1.807) is 72.8 Å². The lowest BCUT2D eigenvalue weighted by Gasteiger charge is -2.71. The van der Waals surface area contributed by atoms with Gasteiger partial charge in [-0.1, -0.05) is 133 Å². The fourth-order valence-electron chi connectivity index (χ4n) is 19.9. The Kier molecular flexibility index (Phi) is 24.5. The molecule has 3 aliphatic heterocycles. The molecule has 7 fully saturated rings. The van der Waals surface area contributed by atoms with E-state index in [2.05, 4.69) is 54.5 Å². The minimum Gasteiger partial charge on any atom is -0.463 e. The molecule has 5 aliphatic carbocycles. The lowest BCUT2D eigenvalue weighted by molar-refractivity contribution is -0.355. The van der Waals surface area contributed by atoms with Gasteiger partial charge in [0.1, 0.15) is 37.6 Å². The summed E-state index contributed by atoms with van der Waals surface area (Å²) in [5.74, 6) is -8.04. The van der Waals surface area contributed by atoms with Crippen molar-refractivity contribution in [1.82, 2.24) is 0 Å². The number of aliphatic hydroxyl groups excluding tert-OH is 1. The summed E-state index contributed by atoms with van der Waals surface area (Å²) < 4.78 is 93.2. The number of carbonyl (C=O) groups excluding carboxylic acids is 10. The van der Waals surface area contributed by atoms with Crippen molar-refractivity contribution >= 4 is 59.7 Å². The average Bonchev–Trinajstić information content (AvgIpc) is 0.673. The van der Waals surface area contributed by atoms with Crippen molar-refractivity contribution in [2.45, 2.75) is 233 Å². The number of carbonyl (C=O) groups is 10. The highest BCUT2D eigenvalue weighted by molar-refractivity contribution is 5.92. The van der Waals surface area contributed by atoms with Crippen molar-refractivity contribution in [1.29, 1.82) is 0 Å². The van der Waals surface area contributed by atoms with Gasteiger partial charge in [-0.2, -0.15) is 0 Å². The smallest absolute Gasteiger partial charge is 0.338 e. The molecule has 3 saturated heterocycles. The molecule has 3 heterocycles. The molecule has 598 valence electrons. The quantitative estimate of drug-likeness (QED) is 0.0350. The van der Waals surface area contributed by atoms with Gasteiger partial charge in [0.2, 0.25) is 12.4 Å². The molecule has 0 radical (unpaired) electrons. The Morgan fingerprint density at radius 2 is 0.928 bits per heavy atom. The van der Waals surface area contributed by atoms with Crippen LogP contribution in [0.15, 0.2) is 133 Å². The molecule has 8 aliphatic rings. The van der Waals surface area contributed by atoms with Crippen LogP contribution in [0.5, 0.6) is 0 Å². The van der Waals surface area contributed by atoms with Gasteiger partial charge in [0, 0.05) is 34.6 Å². The van der Waals surface area contributed by atoms with Crippen molar-refractivity contribution < 1.29 is 124 Å². The summed E-state index contributed by atoms with van der Waals surface area (Å²) in [5.41, 5.74) is -1.17. The lowest BCUT2D eigenvalue weighted by atomic mass is 9.33. The Morgan fingerprint density at radius 1 is 0.450 bits per heavy atom. The predicted molar refractivity (Wildman–Crippen MR) is 390 cm³/mol. The standard InChI is InChI=1S/C85H102O26/c1-46-35-40-85(80(96)111-79-71(103-52(7)90)69(102-51(6)89)67(101-50(5)88)59(105-79)43-97-48(3)86)42-41-83(11)57(64(85)47(46)2)33-34-62-82(10)38-37-63(81(8,9)61(82)36-39-84(62,83)12)106-77-65(91)66(58(45-99-77)100-49(4)87)110-78-72(109-76(95)56-31-23-16-24-32-56)70(108-75(94)55-29-21-15-22-30-55)68(107-74(93)54-27-19-14-20-28-54)60(104-78)44-98-73(92)53-25-17-13-18-26-53/h13-33,46-47,58-72,77-79,91H,34-45H2,1-12H3/t46-,47+,58+,59-,60-,61+,62-,63+,64+,65-,66+,67-,68-,69+,70+,71-,72-,77+,78+,79+,82+,83-,84-,85+/m1/s1. The molecule has 1 N–H and O–H groups in total. The van der Waals surface area contributed by atoms with Gasteiger partial charge in [0.15, 0.2) is 49.2 Å². The van der Waals surface area contributed by atoms with Gasteiger partial charge in [-0.05, 0) is 158 Å². The van der Waals surface area contributed by atoms with Crippen molar-refractivity contribution in [3.05, 3.63) is 155 Å². The average molecular weight is 1540 g/mol. The van der Waals surface area contributed by atoms with Crippen molar-refractivity contribution in [2.75, 3.05) is 19.8 Å². The molecule has 0 bridgehead atoms. The Labute approximate surface area is 645 Å². The number of aliphatic hydroxyl groups is 1. The van der Waals surface area contributed by atoms with Crippen LogP contribution in [0.1, 0.15) is 182 Å². The first-order chi connectivity index (χ1) is 52.8. The molecule has 4 aromatic rings. The number of esters is 10. The maximum absolute atomic E-state index is 15.8. The maximum Gasteiger partial charge on any atom is 0.338 e. The van der Waals surface area contributed by atoms with Gasteiger partial charge in [0.25, 0.3) is 0 Å². The SMILES string of the molecule is CC(=O)OC[C@H]1O[C@@H](OC(=O)[C@]23CC[C@@H](C)[C@H](C)[C@H]2C2=CC[C@@H]4[C@@]5(C)CC[C@H](O[C@@H]6OC[C@H](OC(C)=O)[C@H](O[C@@H]7O[C@H](COC(=O)c8ccccc8)[C@@H](OC(=O)c8ccccc8)[C@H](OC(=O)c8ccccc8)[C@H]7OC(=O)c7ccccc7)[C@H]6O)C(C)(C)[C@@H]5CC[C@@]4(C)[C@]2(C)CC3)[C@H](OC(C)=O)[C@@H](OC(C)=O)[C@@H]1OC(C)=O. The van der Waals surface area contributed by atoms with Crippen LogP contribution < -0.4 is 0 Å². The Morgan fingerprint density at radius 3 is 1.48 bits per heavy atom. The van der Waals surface area contributed by atoms with Crippen molar-refractivity contribution in [2.24, 2.45) is 56.7 Å². The summed E-state index contributed by atoms with van der Waals surface area (Å²) in [5, 5.41) is 13.0. The van der Waals surface area contributed by atoms with E-state index >= 15 is 4.79 Å². The van der Waals surface area contributed by atoms with Crippen LogP contribution in [0.3, 0.4) is 0 Å². The minimum absolute atomic E-state index is 0.00847. The molecule has 0 unspecified atom stereocenters. The van der Waals surface area contributed by atoms with Gasteiger partial charge in [-0.3, -0.25) is 28.8 Å². The van der Waals surface area contributed by atoms with Gasteiger partial charge < -0.3 is 76.2 Å². The molecule has 26 nitrogen and oxygen atoms in total. The third-order valence-corrected chi connectivity index (χ3v) is 25.6. The number of hydrogen-bond acceptors (Lipinski definition) is 26. The topological polar surface area (TPSA) is 329 Å². The number of benzene rings is 4. The second-order valence-electron chi connectivity index (χ2n) is 32.4. The largest absolute Gasteiger partial charge is 0.463 e. The molecular formula is C85H102O26. The molecule has 26 heteroatoms. The van der Waals surface area contributed by atoms with Crippen LogP contribution in [0, 0.1) is 56.7 Å². The van der Waals surface area contributed by atoms with Gasteiger partial charge in [-0.15, -0.1) is 0 Å². The summed E-state index contributed by atoms with van der Waals surface area (Å²) >= 11 is 0. The molecule has 0 spiro atoms. The zero-order valence-electron chi connectivity index (χ0n) is 64.8. The zero-order valence-corrected chi connectivity index (χ0v) is 64.8. The Balaban J connectivity index is 0.828. The van der Waals surface area contributed by atoms with E-state index in [0.717, 1.165) is 33.6 Å². The summed E-state index contributed by atoms with van der Waals surface area (Å²) in [6.45, 7) is 20.1. The monoisotopic (exact) mass is 1540 g/mol. The number of fused-ring (bicyclic) bond motifs is 7. The van der Waals surface area contributed by atoms with Crippen LogP contribution >= 0.6 is 0 Å². The van der Waals surface area contributed by atoms with Crippen LogP contribution in [0.2, 0.25) is 0 Å². The van der Waals surface area contributed by atoms with Crippen molar-refractivity contribution in [3.63, 3.8) is 0 Å². The summed E-state index contributed by atoms with van der Waals surface area (Å²) in [6, 6.07) is 31.7. The summed E-state index contributed by atoms with van der Waals surface area (Å²) in [6.07, 6.45) is -15.2. The van der Waals surface area contributed by atoms with E-state index in [4.69, 9.17) is 71.1 Å². The highest BCUT2D eigenvalue weighted by Gasteiger charge is 2.71. The van der Waals surface area contributed by atoms with Gasteiger partial charge in [-0.25, -0.2) is 19.2 Å². The van der Waals surface area contributed by atoms with Crippen LogP contribution in [-0.2, 0) is 99.8 Å². The molecule has 24 atom stereocenters. The number of hydrogen-bond donors (Lipinski definition) is 1. The Bertz CT molecular complexity index is 4090. The lowest BCUT2D eigenvalue weighted by Crippen LogP contribution is -2.67. The van der Waals surface area contributed by atoms with E-state index < -0.39 is 181 Å². The number of allylic oxidation sites excluding steroid dienone is 2. The number of rotatable bonds is 21. The second-order valence-corrected chi connectivity index (χ2v) is 32.4. The number of ether oxygens (including phenoxy) is 15. The third-order valence-electron chi connectivity index (χ3n) is 25.6. The third kappa shape index (κ3) is 16.5. The van der Waals surface area contributed by atoms with E-state index in [-0.39, 0.29) is 69.3 Å². The summed E-state index contributed by atoms with van der Waals surface area (Å²) in [7, 11) is 0. The maximum atomic E-state index is 15.8. The first-order valence-corrected chi connectivity index (χ1v) is 38.4. The first-order valence-electron chi connectivity index (χ1n) is 38.4. The zero-order chi connectivity index (χ0) is 79.6. The molecule has 0 amide bonds. The van der Waals surface area contributed by atoms with E-state index in [1.807, 2.05) is 0 Å². The summed E-state index contributed by atoms with van der Waals surface area (Å²) in [4.78, 5) is 137. The fraction of sp³-hybridized carbons (Fsp3) is 0.576. The Hall–Kier alpha value is -8.92. The molecule has 111 heavy (non-hydrogen) atoms. The molecule has 12 rings (SSSR count). The van der Waals surface area contributed by atoms with Crippen molar-refractivity contribution in [3.8, 4) is 0 Å². The minimum atomic E-state index is -1.91. The molecular weight excluding hydrogens is 1440 g/mol. The van der Waals surface area contributed by atoms with E-state index in [9.17, 15) is 48.3 Å². The highest BCUT2D eigenvalue weighted by Crippen LogP contribution is 2.76.